The lowest BCUT2D eigenvalue weighted by molar-refractivity contribution is 0.0694. The maximum Gasteiger partial charge on any atom is 0.341 e. The highest BCUT2D eigenvalue weighted by molar-refractivity contribution is 5.94. The van der Waals surface area contributed by atoms with Gasteiger partial charge in [-0.2, -0.15) is 0 Å². The van der Waals surface area contributed by atoms with Gasteiger partial charge in [0.25, 0.3) is 0 Å². The van der Waals surface area contributed by atoms with E-state index in [0.717, 1.165) is 5.56 Å². The summed E-state index contributed by atoms with van der Waals surface area (Å²) in [5.41, 5.74) is 1.48. The lowest BCUT2D eigenvalue weighted by Gasteiger charge is -2.30. The van der Waals surface area contributed by atoms with Crippen molar-refractivity contribution in [1.29, 1.82) is 0 Å². The predicted molar refractivity (Wildman–Crippen MR) is 74.2 cm³/mol. The van der Waals surface area contributed by atoms with E-state index in [1.807, 2.05) is 19.9 Å². The van der Waals surface area contributed by atoms with E-state index in [9.17, 15) is 19.8 Å². The molecule has 0 aliphatic carbocycles. The van der Waals surface area contributed by atoms with Crippen LogP contribution in [0.25, 0.3) is 10.9 Å². The fourth-order valence-electron chi connectivity index (χ4n) is 2.99. The van der Waals surface area contributed by atoms with E-state index in [1.54, 1.807) is 10.6 Å². The van der Waals surface area contributed by atoms with Crippen LogP contribution >= 0.6 is 0 Å². The predicted octanol–water partition coefficient (Wildman–Crippen LogP) is 2.01. The first-order valence-electron chi connectivity index (χ1n) is 6.51. The molecule has 0 radical (unpaired) electrons. The van der Waals surface area contributed by atoms with Crippen LogP contribution in [0.5, 0.6) is 0 Å². The van der Waals surface area contributed by atoms with Gasteiger partial charge >= 0.3 is 5.97 Å². The Balaban J connectivity index is 2.54. The molecule has 20 heavy (non-hydrogen) atoms. The molecular formula is C15H15NO4. The molecule has 1 aliphatic heterocycles. The number of aliphatic hydroxyl groups is 1. The Hall–Kier alpha value is -2.14. The Kier molecular flexibility index (Phi) is 2.69. The molecule has 5 heteroatoms. The normalized spacial score (nSPS) is 21.1. The maximum atomic E-state index is 12.3. The number of carboxylic acid groups (broad SMARTS) is 1. The SMILES string of the molecule is Cc1cc2c3c(c1)c(=O)c(C(=O)O)cn3C(C)CC2O. The molecule has 5 nitrogen and oxygen atoms in total. The van der Waals surface area contributed by atoms with Crippen LogP contribution in [0.1, 0.15) is 47.0 Å². The number of benzene rings is 1. The largest absolute Gasteiger partial charge is 0.477 e. The van der Waals surface area contributed by atoms with Crippen molar-refractivity contribution >= 4 is 16.9 Å². The van der Waals surface area contributed by atoms with Crippen molar-refractivity contribution in [3.63, 3.8) is 0 Å². The quantitative estimate of drug-likeness (QED) is 0.833. The third-order valence-corrected chi connectivity index (χ3v) is 3.93. The third-order valence-electron chi connectivity index (χ3n) is 3.93. The minimum absolute atomic E-state index is 0.0543. The van der Waals surface area contributed by atoms with Crippen molar-refractivity contribution in [3.05, 3.63) is 45.2 Å². The molecule has 2 heterocycles. The van der Waals surface area contributed by atoms with Crippen molar-refractivity contribution in [2.45, 2.75) is 32.4 Å². The summed E-state index contributed by atoms with van der Waals surface area (Å²) in [6.07, 6.45) is 1.28. The second-order valence-electron chi connectivity index (χ2n) is 5.44. The van der Waals surface area contributed by atoms with Crippen molar-refractivity contribution in [3.8, 4) is 0 Å². The molecule has 0 spiro atoms. The van der Waals surface area contributed by atoms with Crippen molar-refractivity contribution in [2.24, 2.45) is 0 Å². The zero-order valence-electron chi connectivity index (χ0n) is 11.3. The van der Waals surface area contributed by atoms with Crippen molar-refractivity contribution in [2.75, 3.05) is 0 Å². The lowest BCUT2D eigenvalue weighted by atomic mass is 9.92. The Morgan fingerprint density at radius 3 is 2.75 bits per heavy atom. The number of carbonyl (C=O) groups is 1. The number of aromatic carboxylic acids is 1. The Morgan fingerprint density at radius 1 is 1.40 bits per heavy atom. The van der Waals surface area contributed by atoms with Gasteiger partial charge in [-0.25, -0.2) is 4.79 Å². The molecule has 104 valence electrons. The van der Waals surface area contributed by atoms with Gasteiger partial charge in [0.15, 0.2) is 0 Å². The number of hydrogen-bond donors (Lipinski definition) is 2. The van der Waals surface area contributed by atoms with Crippen LogP contribution in [0.3, 0.4) is 0 Å². The highest BCUT2D eigenvalue weighted by atomic mass is 16.4. The molecule has 0 saturated heterocycles. The average Bonchev–Trinajstić information content (AvgIpc) is 2.37. The second kappa shape index (κ2) is 4.18. The van der Waals surface area contributed by atoms with Gasteiger partial charge in [-0.3, -0.25) is 4.79 Å². The Bertz CT molecular complexity index is 791. The molecular weight excluding hydrogens is 258 g/mol. The van der Waals surface area contributed by atoms with Gasteiger partial charge in [0, 0.05) is 23.2 Å². The standard InChI is InChI=1S/C15H15NO4/c1-7-3-9-12(17)5-8(2)16-6-11(15(19)20)14(18)10(4-7)13(9)16/h3-4,6,8,12,17H,5H2,1-2H3,(H,19,20). The molecule has 1 aromatic heterocycles. The highest BCUT2D eigenvalue weighted by Crippen LogP contribution is 2.36. The van der Waals surface area contributed by atoms with E-state index >= 15 is 0 Å². The molecule has 0 saturated carbocycles. The molecule has 2 aromatic rings. The molecule has 2 unspecified atom stereocenters. The molecule has 2 N–H and O–H groups in total. The van der Waals surface area contributed by atoms with Crippen LogP contribution in [0.15, 0.2) is 23.1 Å². The van der Waals surface area contributed by atoms with Gasteiger partial charge in [-0.1, -0.05) is 6.07 Å². The fourth-order valence-corrected chi connectivity index (χ4v) is 2.99. The van der Waals surface area contributed by atoms with E-state index < -0.39 is 17.5 Å². The molecule has 1 aliphatic rings. The van der Waals surface area contributed by atoms with Gasteiger partial charge in [-0.15, -0.1) is 0 Å². The van der Waals surface area contributed by atoms with Crippen molar-refractivity contribution < 1.29 is 15.0 Å². The second-order valence-corrected chi connectivity index (χ2v) is 5.44. The zero-order valence-corrected chi connectivity index (χ0v) is 11.3. The van der Waals surface area contributed by atoms with E-state index in [1.165, 1.54) is 6.20 Å². The fraction of sp³-hybridized carbons (Fsp3) is 0.333. The topological polar surface area (TPSA) is 79.5 Å². The minimum atomic E-state index is -1.22. The molecule has 0 bridgehead atoms. The smallest absolute Gasteiger partial charge is 0.341 e. The maximum absolute atomic E-state index is 12.3. The van der Waals surface area contributed by atoms with Gasteiger partial charge in [0.2, 0.25) is 5.43 Å². The number of aryl methyl sites for hydroxylation is 1. The first kappa shape index (κ1) is 12.9. The number of hydrogen-bond acceptors (Lipinski definition) is 3. The first-order valence-corrected chi connectivity index (χ1v) is 6.51. The summed E-state index contributed by atoms with van der Waals surface area (Å²) in [5, 5.41) is 19.7. The Labute approximate surface area is 115 Å². The summed E-state index contributed by atoms with van der Waals surface area (Å²) in [4.78, 5) is 23.5. The van der Waals surface area contributed by atoms with Crippen LogP contribution < -0.4 is 5.43 Å². The number of carboxylic acids is 1. The number of aliphatic hydroxyl groups excluding tert-OH is 1. The summed E-state index contributed by atoms with van der Waals surface area (Å²) >= 11 is 0. The van der Waals surface area contributed by atoms with E-state index in [-0.39, 0.29) is 11.6 Å². The highest BCUT2D eigenvalue weighted by Gasteiger charge is 2.27. The summed E-state index contributed by atoms with van der Waals surface area (Å²) < 4.78 is 1.79. The summed E-state index contributed by atoms with van der Waals surface area (Å²) in [6.45, 7) is 3.74. The average molecular weight is 273 g/mol. The molecule has 0 amide bonds. The van der Waals surface area contributed by atoms with Crippen LogP contribution in [0, 0.1) is 6.92 Å². The van der Waals surface area contributed by atoms with E-state index in [0.29, 0.717) is 22.9 Å². The number of nitrogens with zero attached hydrogens (tertiary/aromatic N) is 1. The van der Waals surface area contributed by atoms with Crippen LogP contribution in [0.4, 0.5) is 0 Å². The summed E-state index contributed by atoms with van der Waals surface area (Å²) in [6, 6.07) is 3.49. The molecule has 0 fully saturated rings. The van der Waals surface area contributed by atoms with Crippen LogP contribution in [-0.4, -0.2) is 20.7 Å². The molecule has 2 atom stereocenters. The molecule has 1 aromatic carbocycles. The molecule has 3 rings (SSSR count). The summed E-state index contributed by atoms with van der Waals surface area (Å²) in [7, 11) is 0. The minimum Gasteiger partial charge on any atom is -0.477 e. The van der Waals surface area contributed by atoms with Gasteiger partial charge in [0.1, 0.15) is 5.56 Å². The van der Waals surface area contributed by atoms with Gasteiger partial charge in [0.05, 0.1) is 11.6 Å². The Morgan fingerprint density at radius 2 is 2.10 bits per heavy atom. The third kappa shape index (κ3) is 1.67. The van der Waals surface area contributed by atoms with E-state index in [2.05, 4.69) is 0 Å². The van der Waals surface area contributed by atoms with Crippen molar-refractivity contribution in [1.82, 2.24) is 4.57 Å². The monoisotopic (exact) mass is 273 g/mol. The van der Waals surface area contributed by atoms with Gasteiger partial charge in [-0.05, 0) is 31.9 Å². The van der Waals surface area contributed by atoms with Crippen LogP contribution in [-0.2, 0) is 0 Å². The lowest BCUT2D eigenvalue weighted by Crippen LogP contribution is -2.25. The van der Waals surface area contributed by atoms with Crippen LogP contribution in [0.2, 0.25) is 0 Å². The number of pyridine rings is 1. The number of aromatic nitrogens is 1. The first-order chi connectivity index (χ1) is 9.40. The van der Waals surface area contributed by atoms with E-state index in [4.69, 9.17) is 0 Å². The summed E-state index contributed by atoms with van der Waals surface area (Å²) in [5.74, 6) is -1.22. The number of rotatable bonds is 1. The zero-order chi connectivity index (χ0) is 14.6. The van der Waals surface area contributed by atoms with Gasteiger partial charge < -0.3 is 14.8 Å².